The third kappa shape index (κ3) is 3.20. The minimum atomic E-state index is -0.00772. The van der Waals surface area contributed by atoms with E-state index in [0.717, 1.165) is 5.71 Å². The van der Waals surface area contributed by atoms with Crippen LogP contribution in [0.3, 0.4) is 0 Å². The Balaban J connectivity index is 2.12. The van der Waals surface area contributed by atoms with Crippen molar-refractivity contribution in [1.82, 2.24) is 5.43 Å². The van der Waals surface area contributed by atoms with Crippen molar-refractivity contribution >= 4 is 29.5 Å². The first-order chi connectivity index (χ1) is 8.29. The average molecular weight is 246 g/mol. The van der Waals surface area contributed by atoms with Gasteiger partial charge in [0.2, 0.25) is 5.91 Å². The third-order valence-electron chi connectivity index (χ3n) is 2.53. The molecule has 88 valence electrons. The lowest BCUT2D eigenvalue weighted by atomic mass is 10.1. The quantitative estimate of drug-likeness (QED) is 0.833. The van der Waals surface area contributed by atoms with Gasteiger partial charge in [0.15, 0.2) is 0 Å². The van der Waals surface area contributed by atoms with Crippen molar-refractivity contribution in [1.29, 1.82) is 0 Å². The number of nitrogens with zero attached hydrogens (tertiary/aromatic N) is 1. The summed E-state index contributed by atoms with van der Waals surface area (Å²) in [7, 11) is 0. The van der Waals surface area contributed by atoms with E-state index in [9.17, 15) is 4.79 Å². The first-order valence-electron chi connectivity index (χ1n) is 5.46. The molecule has 0 aliphatic carbocycles. The number of benzene rings is 1. The fourth-order valence-corrected chi connectivity index (χ4v) is 2.18. The van der Waals surface area contributed by atoms with Crippen LogP contribution in [0.2, 0.25) is 0 Å². The van der Waals surface area contributed by atoms with Crippen molar-refractivity contribution in [2.45, 2.75) is 17.7 Å². The Kier molecular flexibility index (Phi) is 3.98. The predicted molar refractivity (Wildman–Crippen MR) is 72.1 cm³/mol. The molecule has 0 saturated carbocycles. The molecule has 0 aromatic heterocycles. The maximum Gasteiger partial charge on any atom is 0.240 e. The van der Waals surface area contributed by atoms with Gasteiger partial charge in [-0.25, -0.2) is 5.43 Å². The Hall–Kier alpha value is -1.55. The number of nitrogens with one attached hydrogen (secondary N) is 1. The van der Waals surface area contributed by atoms with Crippen LogP contribution in [0.4, 0.5) is 0 Å². The smallest absolute Gasteiger partial charge is 0.240 e. The highest BCUT2D eigenvalue weighted by Gasteiger charge is 2.08. The van der Waals surface area contributed by atoms with Crippen molar-refractivity contribution in [2.24, 2.45) is 5.10 Å². The third-order valence-corrected chi connectivity index (χ3v) is 3.34. The number of allylic oxidation sites excluding steroid dienone is 1. The van der Waals surface area contributed by atoms with Crippen LogP contribution in [0.1, 0.15) is 18.4 Å². The molecule has 0 saturated heterocycles. The number of hydrogen-bond donors (Lipinski definition) is 1. The van der Waals surface area contributed by atoms with Gasteiger partial charge in [0, 0.05) is 17.7 Å². The minimum absolute atomic E-state index is 0.00772. The Morgan fingerprint density at radius 1 is 1.29 bits per heavy atom. The molecule has 0 fully saturated rings. The Morgan fingerprint density at radius 3 is 2.82 bits per heavy atom. The number of hydrazone groups is 1. The van der Waals surface area contributed by atoms with Crippen molar-refractivity contribution in [2.75, 3.05) is 6.26 Å². The highest BCUT2D eigenvalue weighted by molar-refractivity contribution is 7.98. The van der Waals surface area contributed by atoms with E-state index in [-0.39, 0.29) is 5.91 Å². The average Bonchev–Trinajstić information content (AvgIpc) is 2.38. The van der Waals surface area contributed by atoms with Crippen LogP contribution in [-0.2, 0) is 4.79 Å². The van der Waals surface area contributed by atoms with E-state index in [1.165, 1.54) is 10.5 Å². The molecule has 2 rings (SSSR count). The van der Waals surface area contributed by atoms with Gasteiger partial charge in [0.1, 0.15) is 0 Å². The minimum Gasteiger partial charge on any atom is -0.273 e. The fraction of sp³-hybridized carbons (Fsp3) is 0.231. The van der Waals surface area contributed by atoms with E-state index >= 15 is 0 Å². The van der Waals surface area contributed by atoms with Crippen LogP contribution in [0.5, 0.6) is 0 Å². The van der Waals surface area contributed by atoms with Crippen molar-refractivity contribution in [3.05, 3.63) is 35.9 Å². The lowest BCUT2D eigenvalue weighted by Gasteiger charge is -2.08. The second kappa shape index (κ2) is 5.68. The molecule has 1 aromatic carbocycles. The van der Waals surface area contributed by atoms with Gasteiger partial charge < -0.3 is 0 Å². The number of carbonyl (C=O) groups is 1. The molecule has 1 amide bonds. The summed E-state index contributed by atoms with van der Waals surface area (Å²) in [6.45, 7) is 0. The molecule has 0 bridgehead atoms. The maximum atomic E-state index is 10.9. The van der Waals surface area contributed by atoms with Crippen molar-refractivity contribution < 1.29 is 4.79 Å². The van der Waals surface area contributed by atoms with Gasteiger partial charge in [-0.05, 0) is 24.0 Å². The largest absolute Gasteiger partial charge is 0.273 e. The van der Waals surface area contributed by atoms with Gasteiger partial charge in [0.05, 0.1) is 5.71 Å². The summed E-state index contributed by atoms with van der Waals surface area (Å²) < 4.78 is 0. The summed E-state index contributed by atoms with van der Waals surface area (Å²) in [4.78, 5) is 12.2. The van der Waals surface area contributed by atoms with Gasteiger partial charge in [0.25, 0.3) is 0 Å². The molecular weight excluding hydrogens is 232 g/mol. The summed E-state index contributed by atoms with van der Waals surface area (Å²) >= 11 is 1.72. The van der Waals surface area contributed by atoms with E-state index in [1.807, 2.05) is 24.3 Å². The molecule has 1 N–H and O–H groups in total. The molecule has 1 aliphatic heterocycles. The fourth-order valence-electron chi connectivity index (χ4n) is 1.60. The number of thioether (sulfide) groups is 1. The topological polar surface area (TPSA) is 41.5 Å². The normalized spacial score (nSPS) is 15.8. The highest BCUT2D eigenvalue weighted by Crippen LogP contribution is 2.21. The van der Waals surface area contributed by atoms with E-state index in [2.05, 4.69) is 28.9 Å². The van der Waals surface area contributed by atoms with Crippen molar-refractivity contribution in [3.63, 3.8) is 0 Å². The van der Waals surface area contributed by atoms with Gasteiger partial charge >= 0.3 is 0 Å². The molecule has 0 atom stereocenters. The maximum absolute atomic E-state index is 10.9. The molecule has 3 nitrogen and oxygen atoms in total. The standard InChI is InChI=1S/C13H14N2OS/c1-17-12-5-3-2-4-10(12)6-7-11-8-9-13(16)15-14-11/h2-7H,8-9H2,1H3,(H,15,16). The molecule has 0 spiro atoms. The molecule has 0 unspecified atom stereocenters. The monoisotopic (exact) mass is 246 g/mol. The van der Waals surface area contributed by atoms with E-state index in [1.54, 1.807) is 11.8 Å². The first-order valence-corrected chi connectivity index (χ1v) is 6.68. The number of rotatable bonds is 3. The summed E-state index contributed by atoms with van der Waals surface area (Å²) in [5.41, 5.74) is 4.59. The van der Waals surface area contributed by atoms with Crippen LogP contribution in [0.15, 0.2) is 40.3 Å². The van der Waals surface area contributed by atoms with E-state index in [4.69, 9.17) is 0 Å². The summed E-state index contributed by atoms with van der Waals surface area (Å²) in [6.07, 6.45) is 7.30. The van der Waals surface area contributed by atoms with Crippen molar-refractivity contribution in [3.8, 4) is 0 Å². The summed E-state index contributed by atoms with van der Waals surface area (Å²) in [5, 5.41) is 4.00. The highest BCUT2D eigenvalue weighted by atomic mass is 32.2. The van der Waals surface area contributed by atoms with Crippen LogP contribution in [0, 0.1) is 0 Å². The van der Waals surface area contributed by atoms with E-state index in [0.29, 0.717) is 12.8 Å². The Morgan fingerprint density at radius 2 is 2.12 bits per heavy atom. The van der Waals surface area contributed by atoms with Crippen LogP contribution >= 0.6 is 11.8 Å². The number of hydrogen-bond acceptors (Lipinski definition) is 3. The summed E-state index contributed by atoms with van der Waals surface area (Å²) in [5.74, 6) is -0.00772. The second-order valence-electron chi connectivity index (χ2n) is 3.71. The van der Waals surface area contributed by atoms with E-state index < -0.39 is 0 Å². The second-order valence-corrected chi connectivity index (χ2v) is 4.56. The first kappa shape index (κ1) is 11.9. The van der Waals surface area contributed by atoms with Gasteiger partial charge in [-0.2, -0.15) is 5.10 Å². The number of carbonyl (C=O) groups excluding carboxylic acids is 1. The molecule has 1 heterocycles. The Labute approximate surface area is 105 Å². The lowest BCUT2D eigenvalue weighted by molar-refractivity contribution is -0.121. The number of amides is 1. The molecule has 1 aromatic rings. The molecular formula is C13H14N2OS. The Bertz CT molecular complexity index is 480. The molecule has 0 radical (unpaired) electrons. The predicted octanol–water partition coefficient (Wildman–Crippen LogP) is 2.69. The van der Waals surface area contributed by atoms with Gasteiger partial charge in [-0.3, -0.25) is 4.79 Å². The van der Waals surface area contributed by atoms with Crippen LogP contribution in [-0.4, -0.2) is 17.9 Å². The zero-order valence-electron chi connectivity index (χ0n) is 9.64. The van der Waals surface area contributed by atoms with Gasteiger partial charge in [-0.15, -0.1) is 11.8 Å². The lowest BCUT2D eigenvalue weighted by Crippen LogP contribution is -2.24. The molecule has 4 heteroatoms. The molecule has 17 heavy (non-hydrogen) atoms. The van der Waals surface area contributed by atoms with Crippen LogP contribution < -0.4 is 5.43 Å². The summed E-state index contributed by atoms with van der Waals surface area (Å²) in [6, 6.07) is 8.21. The molecule has 1 aliphatic rings. The zero-order chi connectivity index (χ0) is 12.1. The van der Waals surface area contributed by atoms with Crippen LogP contribution in [0.25, 0.3) is 6.08 Å². The van der Waals surface area contributed by atoms with Gasteiger partial charge in [-0.1, -0.05) is 24.3 Å². The zero-order valence-corrected chi connectivity index (χ0v) is 10.5. The SMILES string of the molecule is CSc1ccccc1C=CC1=NNC(=O)CC1.